The van der Waals surface area contributed by atoms with Gasteiger partial charge in [-0.15, -0.1) is 5.10 Å². The largest absolute Gasteiger partial charge is 0.369 e. The van der Waals surface area contributed by atoms with Gasteiger partial charge in [0.05, 0.1) is 23.9 Å². The van der Waals surface area contributed by atoms with Crippen molar-refractivity contribution < 1.29 is 4.79 Å². The van der Waals surface area contributed by atoms with Gasteiger partial charge in [-0.2, -0.15) is 0 Å². The molecule has 3 rings (SSSR count). The van der Waals surface area contributed by atoms with E-state index in [1.807, 2.05) is 0 Å². The van der Waals surface area contributed by atoms with Crippen LogP contribution >= 0.6 is 0 Å². The lowest BCUT2D eigenvalue weighted by atomic mass is 10.1. The van der Waals surface area contributed by atoms with Gasteiger partial charge in [0, 0.05) is 0 Å². The van der Waals surface area contributed by atoms with Gasteiger partial charge in [0.2, 0.25) is 5.91 Å². The standard InChI is InChI=1S/C13H20N4O/c14-13(18)8-11-12(7-9-5-6-9)17(16-15-11)10-3-1-2-4-10/h9-10H,1-8H2,(H2,14,18). The quantitative estimate of drug-likeness (QED) is 0.855. The predicted molar refractivity (Wildman–Crippen MR) is 66.9 cm³/mol. The Hall–Kier alpha value is -1.39. The van der Waals surface area contributed by atoms with E-state index in [9.17, 15) is 4.79 Å². The molecule has 2 saturated carbocycles. The molecule has 0 unspecified atom stereocenters. The Bertz CT molecular complexity index is 444. The van der Waals surface area contributed by atoms with Crippen molar-refractivity contribution in [2.45, 2.75) is 57.4 Å². The number of nitrogens with zero attached hydrogens (tertiary/aromatic N) is 3. The summed E-state index contributed by atoms with van der Waals surface area (Å²) in [5.41, 5.74) is 7.26. The molecule has 0 spiro atoms. The Morgan fingerprint density at radius 3 is 2.61 bits per heavy atom. The molecule has 2 aliphatic carbocycles. The zero-order valence-electron chi connectivity index (χ0n) is 10.6. The Balaban J connectivity index is 1.86. The van der Waals surface area contributed by atoms with Gasteiger partial charge < -0.3 is 5.73 Å². The van der Waals surface area contributed by atoms with Gasteiger partial charge in [0.25, 0.3) is 0 Å². The summed E-state index contributed by atoms with van der Waals surface area (Å²) in [7, 11) is 0. The molecule has 5 nitrogen and oxygen atoms in total. The highest BCUT2D eigenvalue weighted by Gasteiger charge is 2.29. The predicted octanol–water partition coefficient (Wildman–Crippen LogP) is 1.37. The average molecular weight is 248 g/mol. The van der Waals surface area contributed by atoms with Crippen LogP contribution in [0.3, 0.4) is 0 Å². The maximum absolute atomic E-state index is 11.1. The Labute approximate surface area is 107 Å². The third kappa shape index (κ3) is 2.40. The number of amides is 1. The fourth-order valence-corrected chi connectivity index (χ4v) is 2.90. The van der Waals surface area contributed by atoms with Gasteiger partial charge in [0.1, 0.15) is 0 Å². The smallest absolute Gasteiger partial charge is 0.223 e. The maximum Gasteiger partial charge on any atom is 0.223 e. The first-order valence-electron chi connectivity index (χ1n) is 6.95. The first kappa shape index (κ1) is 11.7. The van der Waals surface area contributed by atoms with Crippen LogP contribution in [0.25, 0.3) is 0 Å². The molecule has 2 fully saturated rings. The number of primary amides is 1. The summed E-state index contributed by atoms with van der Waals surface area (Å²) in [4.78, 5) is 11.1. The van der Waals surface area contributed by atoms with E-state index in [0.717, 1.165) is 18.0 Å². The van der Waals surface area contributed by atoms with Gasteiger partial charge in [-0.1, -0.05) is 18.1 Å². The van der Waals surface area contributed by atoms with Gasteiger partial charge in [-0.25, -0.2) is 4.68 Å². The first-order chi connectivity index (χ1) is 8.74. The first-order valence-corrected chi connectivity index (χ1v) is 6.95. The average Bonchev–Trinajstić information content (AvgIpc) is 2.83. The molecule has 0 radical (unpaired) electrons. The molecule has 0 aliphatic heterocycles. The van der Waals surface area contributed by atoms with Crippen molar-refractivity contribution in [3.05, 3.63) is 11.4 Å². The lowest BCUT2D eigenvalue weighted by Crippen LogP contribution is -2.17. The minimum atomic E-state index is -0.314. The molecule has 5 heteroatoms. The van der Waals surface area contributed by atoms with Crippen molar-refractivity contribution in [1.82, 2.24) is 15.0 Å². The molecule has 2 aliphatic rings. The highest BCUT2D eigenvalue weighted by atomic mass is 16.1. The fourth-order valence-electron chi connectivity index (χ4n) is 2.90. The summed E-state index contributed by atoms with van der Waals surface area (Å²) in [6, 6.07) is 0.493. The second kappa shape index (κ2) is 4.71. The van der Waals surface area contributed by atoms with Crippen molar-refractivity contribution >= 4 is 5.91 Å². The number of rotatable bonds is 5. The number of nitrogens with two attached hydrogens (primary N) is 1. The van der Waals surface area contributed by atoms with Gasteiger partial charge in [-0.05, 0) is 38.0 Å². The Morgan fingerprint density at radius 2 is 2.00 bits per heavy atom. The number of hydrogen-bond donors (Lipinski definition) is 1. The molecule has 0 saturated heterocycles. The summed E-state index contributed by atoms with van der Waals surface area (Å²) >= 11 is 0. The van der Waals surface area contributed by atoms with E-state index in [2.05, 4.69) is 15.0 Å². The summed E-state index contributed by atoms with van der Waals surface area (Å²) in [5, 5.41) is 8.48. The monoisotopic (exact) mass is 248 g/mol. The normalized spacial score (nSPS) is 20.4. The van der Waals surface area contributed by atoms with Crippen LogP contribution < -0.4 is 5.73 Å². The highest BCUT2D eigenvalue weighted by Crippen LogP contribution is 2.36. The van der Waals surface area contributed by atoms with E-state index >= 15 is 0 Å². The van der Waals surface area contributed by atoms with Crippen molar-refractivity contribution in [2.75, 3.05) is 0 Å². The number of aromatic nitrogens is 3. The van der Waals surface area contributed by atoms with Gasteiger partial charge >= 0.3 is 0 Å². The van der Waals surface area contributed by atoms with Gasteiger partial charge in [0.15, 0.2) is 0 Å². The van der Waals surface area contributed by atoms with Crippen LogP contribution in [0.5, 0.6) is 0 Å². The molecule has 18 heavy (non-hydrogen) atoms. The van der Waals surface area contributed by atoms with E-state index < -0.39 is 0 Å². The minimum Gasteiger partial charge on any atom is -0.369 e. The third-order valence-corrected chi connectivity index (χ3v) is 4.06. The Morgan fingerprint density at radius 1 is 1.28 bits per heavy atom. The lowest BCUT2D eigenvalue weighted by Gasteiger charge is -2.13. The van der Waals surface area contributed by atoms with Crippen LogP contribution in [0, 0.1) is 5.92 Å². The summed E-state index contributed by atoms with van der Waals surface area (Å²) in [6.07, 6.45) is 8.78. The molecular formula is C13H20N4O. The van der Waals surface area contributed by atoms with Crippen LogP contribution in [0.15, 0.2) is 0 Å². The molecule has 2 N–H and O–H groups in total. The van der Waals surface area contributed by atoms with Crippen LogP contribution in [-0.2, 0) is 17.6 Å². The summed E-state index contributed by atoms with van der Waals surface area (Å²) < 4.78 is 2.09. The van der Waals surface area contributed by atoms with E-state index in [0.29, 0.717) is 6.04 Å². The number of carbonyl (C=O) groups excluding carboxylic acids is 1. The van der Waals surface area contributed by atoms with Crippen molar-refractivity contribution in [2.24, 2.45) is 11.7 Å². The van der Waals surface area contributed by atoms with Crippen molar-refractivity contribution in [1.29, 1.82) is 0 Å². The minimum absolute atomic E-state index is 0.231. The van der Waals surface area contributed by atoms with E-state index in [-0.39, 0.29) is 12.3 Å². The zero-order chi connectivity index (χ0) is 12.5. The van der Waals surface area contributed by atoms with E-state index in [1.165, 1.54) is 44.2 Å². The third-order valence-electron chi connectivity index (χ3n) is 4.06. The molecule has 0 bridgehead atoms. The lowest BCUT2D eigenvalue weighted by molar-refractivity contribution is -0.117. The fraction of sp³-hybridized carbons (Fsp3) is 0.769. The maximum atomic E-state index is 11.1. The topological polar surface area (TPSA) is 73.8 Å². The molecule has 1 aromatic heterocycles. The molecule has 1 aromatic rings. The molecule has 0 aromatic carbocycles. The second-order valence-electron chi connectivity index (χ2n) is 5.66. The van der Waals surface area contributed by atoms with Crippen molar-refractivity contribution in [3.63, 3.8) is 0 Å². The van der Waals surface area contributed by atoms with Crippen molar-refractivity contribution in [3.8, 4) is 0 Å². The zero-order valence-corrected chi connectivity index (χ0v) is 10.6. The van der Waals surface area contributed by atoms with Crippen LogP contribution in [-0.4, -0.2) is 20.9 Å². The number of hydrogen-bond acceptors (Lipinski definition) is 3. The van der Waals surface area contributed by atoms with E-state index in [1.54, 1.807) is 0 Å². The molecular weight excluding hydrogens is 228 g/mol. The molecule has 1 heterocycles. The second-order valence-corrected chi connectivity index (χ2v) is 5.66. The van der Waals surface area contributed by atoms with Crippen LogP contribution in [0.2, 0.25) is 0 Å². The van der Waals surface area contributed by atoms with E-state index in [4.69, 9.17) is 5.73 Å². The number of carbonyl (C=O) groups is 1. The van der Waals surface area contributed by atoms with Crippen LogP contribution in [0.4, 0.5) is 0 Å². The molecule has 0 atom stereocenters. The van der Waals surface area contributed by atoms with Crippen LogP contribution in [0.1, 0.15) is 56.0 Å². The summed E-state index contributed by atoms with van der Waals surface area (Å²) in [5.74, 6) is 0.459. The van der Waals surface area contributed by atoms with Gasteiger partial charge in [-0.3, -0.25) is 4.79 Å². The summed E-state index contributed by atoms with van der Waals surface area (Å²) in [6.45, 7) is 0. The molecule has 1 amide bonds. The Kier molecular flexibility index (Phi) is 3.06. The molecule has 98 valence electrons. The highest BCUT2D eigenvalue weighted by molar-refractivity contribution is 5.76. The SMILES string of the molecule is NC(=O)Cc1nnn(C2CCCC2)c1CC1CC1.